The summed E-state index contributed by atoms with van der Waals surface area (Å²) in [6.45, 7) is 0.935. The molecule has 0 N–H and O–H groups in total. The molecule has 3 nitrogen and oxygen atoms in total. The van der Waals surface area contributed by atoms with Gasteiger partial charge in [0.2, 0.25) is 0 Å². The Labute approximate surface area is 112 Å². The Morgan fingerprint density at radius 3 is 3.06 bits per heavy atom. The van der Waals surface area contributed by atoms with Gasteiger partial charge in [0.1, 0.15) is 0 Å². The van der Waals surface area contributed by atoms with Gasteiger partial charge in [0.15, 0.2) is 0 Å². The lowest BCUT2D eigenvalue weighted by molar-refractivity contribution is 0.465. The van der Waals surface area contributed by atoms with Gasteiger partial charge in [-0.15, -0.1) is 16.7 Å². The number of fused-ring (bicyclic) bond motifs is 1. The van der Waals surface area contributed by atoms with Crippen LogP contribution < -0.4 is 0 Å². The van der Waals surface area contributed by atoms with Crippen LogP contribution in [0.5, 0.6) is 0 Å². The molecule has 0 saturated heterocycles. The minimum atomic E-state index is 0.601. The molecule has 1 aromatic heterocycles. The number of aromatic nitrogens is 3. The fourth-order valence-electron chi connectivity index (χ4n) is 2.54. The standard InChI is InChI=1S/C14H16ClN3/c15-7-3-5-13-10-18(17-16-13)9-12-8-11-4-1-2-6-14(11)12/h1-2,4,6,10,12H,3,5,7-9H2. The van der Waals surface area contributed by atoms with E-state index in [-0.39, 0.29) is 0 Å². The molecule has 0 bridgehead atoms. The van der Waals surface area contributed by atoms with Crippen molar-refractivity contribution in [3.63, 3.8) is 0 Å². The van der Waals surface area contributed by atoms with E-state index >= 15 is 0 Å². The second-order valence-corrected chi connectivity index (χ2v) is 5.20. The Morgan fingerprint density at radius 1 is 1.33 bits per heavy atom. The van der Waals surface area contributed by atoms with Gasteiger partial charge in [-0.2, -0.15) is 0 Å². The number of hydrogen-bond donors (Lipinski definition) is 0. The second kappa shape index (κ2) is 5.11. The number of halogens is 1. The molecule has 0 saturated carbocycles. The monoisotopic (exact) mass is 261 g/mol. The van der Waals surface area contributed by atoms with Crippen molar-refractivity contribution in [1.29, 1.82) is 0 Å². The van der Waals surface area contributed by atoms with Gasteiger partial charge in [0.25, 0.3) is 0 Å². The van der Waals surface area contributed by atoms with E-state index in [1.54, 1.807) is 0 Å². The highest BCUT2D eigenvalue weighted by molar-refractivity contribution is 6.17. The highest BCUT2D eigenvalue weighted by Crippen LogP contribution is 2.35. The van der Waals surface area contributed by atoms with E-state index in [1.165, 1.54) is 11.1 Å². The molecule has 0 radical (unpaired) electrons. The minimum absolute atomic E-state index is 0.601. The van der Waals surface area contributed by atoms with Crippen molar-refractivity contribution >= 4 is 11.6 Å². The van der Waals surface area contributed by atoms with Crippen LogP contribution in [0.2, 0.25) is 0 Å². The summed E-state index contributed by atoms with van der Waals surface area (Å²) in [5.41, 5.74) is 3.99. The quantitative estimate of drug-likeness (QED) is 0.775. The molecule has 1 atom stereocenters. The van der Waals surface area contributed by atoms with E-state index in [9.17, 15) is 0 Å². The number of alkyl halides is 1. The smallest absolute Gasteiger partial charge is 0.0827 e. The maximum atomic E-state index is 5.68. The van der Waals surface area contributed by atoms with Gasteiger partial charge in [-0.05, 0) is 30.4 Å². The third-order valence-electron chi connectivity index (χ3n) is 3.52. The fraction of sp³-hybridized carbons (Fsp3) is 0.429. The first kappa shape index (κ1) is 11.7. The van der Waals surface area contributed by atoms with Gasteiger partial charge in [0, 0.05) is 24.5 Å². The summed E-state index contributed by atoms with van der Waals surface area (Å²) in [5.74, 6) is 1.28. The molecule has 1 aliphatic rings. The molecule has 18 heavy (non-hydrogen) atoms. The summed E-state index contributed by atoms with van der Waals surface area (Å²) < 4.78 is 1.96. The second-order valence-electron chi connectivity index (χ2n) is 4.82. The molecule has 1 aromatic carbocycles. The third-order valence-corrected chi connectivity index (χ3v) is 3.79. The van der Waals surface area contributed by atoms with Crippen LogP contribution in [0.4, 0.5) is 0 Å². The number of aryl methyl sites for hydroxylation is 1. The first-order valence-electron chi connectivity index (χ1n) is 6.39. The van der Waals surface area contributed by atoms with Gasteiger partial charge in [-0.25, -0.2) is 0 Å². The van der Waals surface area contributed by atoms with Crippen molar-refractivity contribution in [3.8, 4) is 0 Å². The van der Waals surface area contributed by atoms with E-state index in [2.05, 4.69) is 34.6 Å². The SMILES string of the molecule is ClCCCc1cn(CC2Cc3ccccc32)nn1. The Balaban J connectivity index is 1.63. The highest BCUT2D eigenvalue weighted by atomic mass is 35.5. The summed E-state index contributed by atoms with van der Waals surface area (Å²) >= 11 is 5.68. The summed E-state index contributed by atoms with van der Waals surface area (Å²) in [6.07, 6.45) is 5.10. The average molecular weight is 262 g/mol. The Morgan fingerprint density at radius 2 is 2.22 bits per heavy atom. The molecule has 1 aliphatic carbocycles. The lowest BCUT2D eigenvalue weighted by Crippen LogP contribution is -2.22. The van der Waals surface area contributed by atoms with E-state index in [1.807, 2.05) is 10.9 Å². The molecule has 2 aromatic rings. The zero-order valence-electron chi connectivity index (χ0n) is 10.2. The summed E-state index contributed by atoms with van der Waals surface area (Å²) in [4.78, 5) is 0. The first-order valence-corrected chi connectivity index (χ1v) is 6.93. The van der Waals surface area contributed by atoms with Crippen LogP contribution in [-0.4, -0.2) is 20.9 Å². The topological polar surface area (TPSA) is 30.7 Å². The van der Waals surface area contributed by atoms with E-state index in [4.69, 9.17) is 11.6 Å². The molecule has 4 heteroatoms. The third kappa shape index (κ3) is 2.27. The van der Waals surface area contributed by atoms with Gasteiger partial charge in [-0.1, -0.05) is 29.5 Å². The molecule has 3 rings (SSSR count). The molecular formula is C14H16ClN3. The lowest BCUT2D eigenvalue weighted by atomic mass is 9.78. The molecule has 1 unspecified atom stereocenters. The molecule has 0 spiro atoms. The van der Waals surface area contributed by atoms with Crippen molar-refractivity contribution < 1.29 is 0 Å². The zero-order chi connectivity index (χ0) is 12.4. The van der Waals surface area contributed by atoms with Gasteiger partial charge in [-0.3, -0.25) is 4.68 Å². The van der Waals surface area contributed by atoms with Crippen LogP contribution in [0, 0.1) is 0 Å². The van der Waals surface area contributed by atoms with Crippen LogP contribution in [0.15, 0.2) is 30.5 Å². The Kier molecular flexibility index (Phi) is 3.33. The van der Waals surface area contributed by atoms with Crippen LogP contribution in [-0.2, 0) is 19.4 Å². The van der Waals surface area contributed by atoms with Gasteiger partial charge >= 0.3 is 0 Å². The Hall–Kier alpha value is -1.35. The van der Waals surface area contributed by atoms with Gasteiger partial charge < -0.3 is 0 Å². The number of benzene rings is 1. The normalized spacial score (nSPS) is 17.3. The number of rotatable bonds is 5. The van der Waals surface area contributed by atoms with Crippen molar-refractivity contribution in [2.45, 2.75) is 31.7 Å². The van der Waals surface area contributed by atoms with Crippen LogP contribution in [0.3, 0.4) is 0 Å². The first-order chi connectivity index (χ1) is 8.86. The maximum Gasteiger partial charge on any atom is 0.0827 e. The fourth-order valence-corrected chi connectivity index (χ4v) is 2.68. The number of nitrogens with zero attached hydrogens (tertiary/aromatic N) is 3. The van der Waals surface area contributed by atoms with Crippen molar-refractivity contribution in [1.82, 2.24) is 15.0 Å². The maximum absolute atomic E-state index is 5.68. The lowest BCUT2D eigenvalue weighted by Gasteiger charge is -2.29. The Bertz CT molecular complexity index is 535. The molecule has 1 heterocycles. The molecular weight excluding hydrogens is 246 g/mol. The van der Waals surface area contributed by atoms with E-state index < -0.39 is 0 Å². The van der Waals surface area contributed by atoms with Crippen molar-refractivity contribution in [2.75, 3.05) is 5.88 Å². The molecule has 94 valence electrons. The van der Waals surface area contributed by atoms with Crippen molar-refractivity contribution in [3.05, 3.63) is 47.3 Å². The summed E-state index contributed by atoms with van der Waals surface area (Å²) in [7, 11) is 0. The van der Waals surface area contributed by atoms with Crippen LogP contribution >= 0.6 is 11.6 Å². The molecule has 0 amide bonds. The van der Waals surface area contributed by atoms with E-state index in [0.29, 0.717) is 11.8 Å². The largest absolute Gasteiger partial charge is 0.252 e. The van der Waals surface area contributed by atoms with Crippen LogP contribution in [0.25, 0.3) is 0 Å². The predicted octanol–water partition coefficient (Wildman–Crippen LogP) is 2.79. The summed E-state index contributed by atoms with van der Waals surface area (Å²) in [6, 6.07) is 8.64. The number of hydrogen-bond acceptors (Lipinski definition) is 2. The highest BCUT2D eigenvalue weighted by Gasteiger charge is 2.25. The van der Waals surface area contributed by atoms with Crippen molar-refractivity contribution in [2.24, 2.45) is 0 Å². The van der Waals surface area contributed by atoms with Crippen LogP contribution in [0.1, 0.15) is 29.2 Å². The molecule has 0 fully saturated rings. The molecule has 0 aliphatic heterocycles. The predicted molar refractivity (Wildman–Crippen MR) is 72.0 cm³/mol. The zero-order valence-corrected chi connectivity index (χ0v) is 11.0. The average Bonchev–Trinajstić information content (AvgIpc) is 2.81. The van der Waals surface area contributed by atoms with E-state index in [0.717, 1.165) is 31.5 Å². The summed E-state index contributed by atoms with van der Waals surface area (Å²) in [5, 5.41) is 8.36. The minimum Gasteiger partial charge on any atom is -0.252 e. The van der Waals surface area contributed by atoms with Gasteiger partial charge in [0.05, 0.1) is 5.69 Å².